The van der Waals surface area contributed by atoms with Gasteiger partial charge in [-0.2, -0.15) is 5.26 Å². The van der Waals surface area contributed by atoms with Gasteiger partial charge in [0.05, 0.1) is 5.56 Å². The Morgan fingerprint density at radius 1 is 1.17 bits per heavy atom. The summed E-state index contributed by atoms with van der Waals surface area (Å²) in [4.78, 5) is 0.988. The third-order valence-electron chi connectivity index (χ3n) is 2.37. The van der Waals surface area contributed by atoms with Crippen molar-refractivity contribution < 1.29 is 0 Å². The van der Waals surface area contributed by atoms with Gasteiger partial charge in [-0.1, -0.05) is 39.7 Å². The van der Waals surface area contributed by atoms with Gasteiger partial charge in [0.2, 0.25) is 0 Å². The molecular formula is C14H9BrClNS. The molecule has 0 aliphatic carbocycles. The highest BCUT2D eigenvalue weighted by Crippen LogP contribution is 2.29. The molecule has 0 aromatic heterocycles. The fraction of sp³-hybridized carbons (Fsp3) is 0.0714. The highest BCUT2D eigenvalue weighted by molar-refractivity contribution is 9.10. The van der Waals surface area contributed by atoms with Crippen LogP contribution in [0.25, 0.3) is 0 Å². The Morgan fingerprint density at radius 2 is 1.89 bits per heavy atom. The van der Waals surface area contributed by atoms with E-state index in [-0.39, 0.29) is 0 Å². The summed E-state index contributed by atoms with van der Waals surface area (Å²) in [7, 11) is 0. The molecule has 0 N–H and O–H groups in total. The molecule has 0 atom stereocenters. The van der Waals surface area contributed by atoms with Gasteiger partial charge < -0.3 is 0 Å². The van der Waals surface area contributed by atoms with E-state index in [1.807, 2.05) is 42.5 Å². The molecule has 0 radical (unpaired) electrons. The standard InChI is InChI=1S/C14H9BrClNS/c15-12-4-3-11(8-17)14(7-12)18-9-10-1-5-13(16)6-2-10/h1-7H,9H2. The molecule has 0 spiro atoms. The molecule has 4 heteroatoms. The lowest BCUT2D eigenvalue weighted by Crippen LogP contribution is -1.84. The van der Waals surface area contributed by atoms with Crippen LogP contribution in [0.15, 0.2) is 51.8 Å². The first-order valence-electron chi connectivity index (χ1n) is 5.26. The Kier molecular flexibility index (Phi) is 4.71. The topological polar surface area (TPSA) is 23.8 Å². The number of hydrogen-bond donors (Lipinski definition) is 0. The Labute approximate surface area is 124 Å². The van der Waals surface area contributed by atoms with E-state index >= 15 is 0 Å². The van der Waals surface area contributed by atoms with Gasteiger partial charge >= 0.3 is 0 Å². The van der Waals surface area contributed by atoms with Crippen LogP contribution in [-0.4, -0.2) is 0 Å². The van der Waals surface area contributed by atoms with Gasteiger partial charge in [0, 0.05) is 20.1 Å². The third-order valence-corrected chi connectivity index (χ3v) is 4.24. The molecule has 2 aromatic rings. The summed E-state index contributed by atoms with van der Waals surface area (Å²) >= 11 is 10.9. The van der Waals surface area contributed by atoms with Gasteiger partial charge in [-0.25, -0.2) is 0 Å². The summed E-state index contributed by atoms with van der Waals surface area (Å²) in [5.41, 5.74) is 1.89. The van der Waals surface area contributed by atoms with E-state index < -0.39 is 0 Å². The Morgan fingerprint density at radius 3 is 2.56 bits per heavy atom. The Balaban J connectivity index is 2.13. The average molecular weight is 339 g/mol. The van der Waals surface area contributed by atoms with Crippen molar-refractivity contribution >= 4 is 39.3 Å². The van der Waals surface area contributed by atoms with Crippen molar-refractivity contribution in [2.24, 2.45) is 0 Å². The van der Waals surface area contributed by atoms with E-state index in [4.69, 9.17) is 16.9 Å². The third kappa shape index (κ3) is 3.52. The maximum Gasteiger partial charge on any atom is 0.100 e. The van der Waals surface area contributed by atoms with Gasteiger partial charge in [0.1, 0.15) is 6.07 Å². The van der Waals surface area contributed by atoms with Crippen LogP contribution in [0, 0.1) is 11.3 Å². The second kappa shape index (κ2) is 6.29. The van der Waals surface area contributed by atoms with E-state index in [9.17, 15) is 0 Å². The van der Waals surface area contributed by atoms with Gasteiger partial charge in [0.15, 0.2) is 0 Å². The second-order valence-corrected chi connectivity index (χ2v) is 6.04. The lowest BCUT2D eigenvalue weighted by Gasteiger charge is -2.05. The molecule has 0 heterocycles. The first-order valence-corrected chi connectivity index (χ1v) is 7.41. The summed E-state index contributed by atoms with van der Waals surface area (Å²) < 4.78 is 0.986. The summed E-state index contributed by atoms with van der Waals surface area (Å²) in [6.07, 6.45) is 0. The van der Waals surface area contributed by atoms with Crippen LogP contribution >= 0.6 is 39.3 Å². The minimum absolute atomic E-state index is 0.706. The first kappa shape index (κ1) is 13.5. The van der Waals surface area contributed by atoms with Crippen LogP contribution in [-0.2, 0) is 5.75 Å². The summed E-state index contributed by atoms with van der Waals surface area (Å²) in [5, 5.41) is 9.79. The first-order chi connectivity index (χ1) is 8.69. The fourth-order valence-electron chi connectivity index (χ4n) is 1.45. The molecule has 2 rings (SSSR count). The van der Waals surface area contributed by atoms with Crippen molar-refractivity contribution in [1.29, 1.82) is 5.26 Å². The second-order valence-electron chi connectivity index (χ2n) is 3.67. The predicted octanol–water partition coefficient (Wildman–Crippen LogP) is 5.27. The molecule has 0 aliphatic rings. The number of nitriles is 1. The summed E-state index contributed by atoms with van der Waals surface area (Å²) in [5.74, 6) is 0.822. The van der Waals surface area contributed by atoms with E-state index in [0.717, 1.165) is 20.1 Å². The van der Waals surface area contributed by atoms with E-state index in [1.54, 1.807) is 11.8 Å². The lowest BCUT2D eigenvalue weighted by molar-refractivity contribution is 1.33. The molecule has 0 unspecified atom stereocenters. The Bertz CT molecular complexity index is 590. The molecule has 0 fully saturated rings. The zero-order chi connectivity index (χ0) is 13.0. The number of hydrogen-bond acceptors (Lipinski definition) is 2. The number of benzene rings is 2. The normalized spacial score (nSPS) is 10.1. The van der Waals surface area contributed by atoms with Gasteiger partial charge in [0.25, 0.3) is 0 Å². The minimum atomic E-state index is 0.706. The van der Waals surface area contributed by atoms with Crippen LogP contribution in [0.3, 0.4) is 0 Å². The molecule has 2 aromatic carbocycles. The largest absolute Gasteiger partial charge is 0.192 e. The van der Waals surface area contributed by atoms with Crippen molar-refractivity contribution in [2.75, 3.05) is 0 Å². The fourth-order valence-corrected chi connectivity index (χ4v) is 3.08. The molecule has 0 saturated heterocycles. The highest BCUT2D eigenvalue weighted by atomic mass is 79.9. The quantitative estimate of drug-likeness (QED) is 0.712. The zero-order valence-electron chi connectivity index (χ0n) is 9.36. The Hall–Kier alpha value is -0.950. The van der Waals surface area contributed by atoms with Crippen LogP contribution in [0.5, 0.6) is 0 Å². The van der Waals surface area contributed by atoms with Crippen LogP contribution < -0.4 is 0 Å². The smallest absolute Gasteiger partial charge is 0.100 e. The van der Waals surface area contributed by atoms with Crippen molar-refractivity contribution in [2.45, 2.75) is 10.6 Å². The molecule has 0 aliphatic heterocycles. The van der Waals surface area contributed by atoms with E-state index in [1.165, 1.54) is 5.56 Å². The maximum absolute atomic E-state index is 9.05. The minimum Gasteiger partial charge on any atom is -0.192 e. The van der Waals surface area contributed by atoms with Crippen molar-refractivity contribution in [3.8, 4) is 6.07 Å². The van der Waals surface area contributed by atoms with Crippen LogP contribution in [0.1, 0.15) is 11.1 Å². The van der Waals surface area contributed by atoms with E-state index in [0.29, 0.717) is 5.56 Å². The molecule has 0 amide bonds. The van der Waals surface area contributed by atoms with Gasteiger partial charge in [-0.15, -0.1) is 11.8 Å². The number of halogens is 2. The van der Waals surface area contributed by atoms with Gasteiger partial charge in [-0.05, 0) is 35.9 Å². The van der Waals surface area contributed by atoms with Crippen molar-refractivity contribution in [3.63, 3.8) is 0 Å². The van der Waals surface area contributed by atoms with Crippen molar-refractivity contribution in [1.82, 2.24) is 0 Å². The van der Waals surface area contributed by atoms with Gasteiger partial charge in [-0.3, -0.25) is 0 Å². The molecule has 0 saturated carbocycles. The maximum atomic E-state index is 9.05. The number of thioether (sulfide) groups is 1. The molecule has 90 valence electrons. The number of rotatable bonds is 3. The average Bonchev–Trinajstić information content (AvgIpc) is 2.38. The van der Waals surface area contributed by atoms with Crippen LogP contribution in [0.2, 0.25) is 5.02 Å². The summed E-state index contributed by atoms with van der Waals surface area (Å²) in [6, 6.07) is 15.6. The monoisotopic (exact) mass is 337 g/mol. The lowest BCUT2D eigenvalue weighted by atomic mass is 10.2. The van der Waals surface area contributed by atoms with Crippen molar-refractivity contribution in [3.05, 3.63) is 63.1 Å². The molecular weight excluding hydrogens is 330 g/mol. The number of nitrogens with zero attached hydrogens (tertiary/aromatic N) is 1. The summed E-state index contributed by atoms with van der Waals surface area (Å²) in [6.45, 7) is 0. The van der Waals surface area contributed by atoms with E-state index in [2.05, 4.69) is 22.0 Å². The molecule has 0 bridgehead atoms. The predicted molar refractivity (Wildman–Crippen MR) is 79.9 cm³/mol. The SMILES string of the molecule is N#Cc1ccc(Br)cc1SCc1ccc(Cl)cc1. The zero-order valence-corrected chi connectivity index (χ0v) is 12.5. The molecule has 18 heavy (non-hydrogen) atoms. The highest BCUT2D eigenvalue weighted by Gasteiger charge is 2.04. The molecule has 1 nitrogen and oxygen atoms in total. The van der Waals surface area contributed by atoms with Crippen LogP contribution in [0.4, 0.5) is 0 Å².